The summed E-state index contributed by atoms with van der Waals surface area (Å²) in [5.41, 5.74) is 0. The van der Waals surface area contributed by atoms with Crippen molar-refractivity contribution in [2.24, 2.45) is 0 Å². The van der Waals surface area contributed by atoms with Gasteiger partial charge in [0.2, 0.25) is 5.75 Å². The summed E-state index contributed by atoms with van der Waals surface area (Å²) in [7, 11) is 3.20. The Morgan fingerprint density at radius 1 is 1.06 bits per heavy atom. The number of hydrogen-bond acceptors (Lipinski definition) is 4. The monoisotopic (exact) mass is 235 g/mol. The van der Waals surface area contributed by atoms with Crippen LogP contribution in [0, 0.1) is 5.38 Å². The Morgan fingerprint density at radius 2 is 1.75 bits per heavy atom. The molecule has 0 amide bonds. The summed E-state index contributed by atoms with van der Waals surface area (Å²) in [6, 6.07) is 9.16. The van der Waals surface area contributed by atoms with Crippen molar-refractivity contribution in [3.63, 3.8) is 0 Å². The third-order valence-corrected chi connectivity index (χ3v) is 2.71. The lowest BCUT2D eigenvalue weighted by atomic mass is 10.3. The van der Waals surface area contributed by atoms with Gasteiger partial charge in [-0.2, -0.15) is 0 Å². The van der Waals surface area contributed by atoms with Crippen molar-refractivity contribution in [3.05, 3.63) is 35.7 Å². The minimum Gasteiger partial charge on any atom is -0.493 e. The van der Waals surface area contributed by atoms with E-state index in [1.165, 1.54) is 11.3 Å². The van der Waals surface area contributed by atoms with Gasteiger partial charge in [-0.3, -0.25) is 0 Å². The smallest absolute Gasteiger partial charge is 0.212 e. The molecule has 0 spiro atoms. The normalized spacial score (nSPS) is 9.88. The molecule has 0 aliphatic heterocycles. The number of benzene rings is 1. The van der Waals surface area contributed by atoms with Crippen LogP contribution in [0.25, 0.3) is 0 Å². The van der Waals surface area contributed by atoms with Crippen LogP contribution >= 0.6 is 11.3 Å². The number of ether oxygens (including phenoxy) is 3. The zero-order valence-electron chi connectivity index (χ0n) is 9.02. The SMILES string of the molecule is COc1cccc(OC)c1Oc1cc[c]s1. The first-order valence-corrected chi connectivity index (χ1v) is 5.51. The fraction of sp³-hybridized carbons (Fsp3) is 0.167. The molecule has 0 aliphatic carbocycles. The molecule has 2 rings (SSSR count). The quantitative estimate of drug-likeness (QED) is 0.813. The average Bonchev–Trinajstić information content (AvgIpc) is 2.82. The minimum atomic E-state index is 0.586. The van der Waals surface area contributed by atoms with E-state index in [-0.39, 0.29) is 0 Å². The predicted molar refractivity (Wildman–Crippen MR) is 62.8 cm³/mol. The lowest BCUT2D eigenvalue weighted by molar-refractivity contribution is 0.349. The number of para-hydroxylation sites is 1. The van der Waals surface area contributed by atoms with Gasteiger partial charge in [0.1, 0.15) is 0 Å². The van der Waals surface area contributed by atoms with Gasteiger partial charge < -0.3 is 14.2 Å². The molecule has 0 saturated carbocycles. The molecule has 1 aromatic heterocycles. The fourth-order valence-electron chi connectivity index (χ4n) is 1.30. The Balaban J connectivity index is 2.37. The van der Waals surface area contributed by atoms with Crippen LogP contribution in [0.2, 0.25) is 0 Å². The van der Waals surface area contributed by atoms with Gasteiger partial charge in [-0.1, -0.05) is 17.4 Å². The van der Waals surface area contributed by atoms with E-state index in [9.17, 15) is 0 Å². The summed E-state index contributed by atoms with van der Waals surface area (Å²) in [5.74, 6) is 1.88. The van der Waals surface area contributed by atoms with E-state index >= 15 is 0 Å². The Labute approximate surface area is 98.2 Å². The molecule has 0 saturated heterocycles. The Bertz CT molecular complexity index is 429. The van der Waals surface area contributed by atoms with Crippen molar-refractivity contribution in [2.75, 3.05) is 14.2 Å². The van der Waals surface area contributed by atoms with E-state index in [2.05, 4.69) is 5.38 Å². The summed E-state index contributed by atoms with van der Waals surface area (Å²) in [4.78, 5) is 0. The van der Waals surface area contributed by atoms with Crippen molar-refractivity contribution in [1.82, 2.24) is 0 Å². The van der Waals surface area contributed by atoms with Gasteiger partial charge in [0.25, 0.3) is 0 Å². The highest BCUT2D eigenvalue weighted by atomic mass is 32.1. The van der Waals surface area contributed by atoms with Crippen LogP contribution in [0.5, 0.6) is 22.3 Å². The first-order chi connectivity index (χ1) is 7.85. The summed E-state index contributed by atoms with van der Waals surface area (Å²) in [6.07, 6.45) is 0. The van der Waals surface area contributed by atoms with E-state index in [0.29, 0.717) is 17.2 Å². The molecule has 1 radical (unpaired) electrons. The summed E-state index contributed by atoms with van der Waals surface area (Å²) in [5, 5.41) is 3.71. The van der Waals surface area contributed by atoms with Crippen molar-refractivity contribution in [2.45, 2.75) is 0 Å². The second kappa shape index (κ2) is 4.90. The molecule has 2 aromatic rings. The van der Waals surface area contributed by atoms with Gasteiger partial charge in [-0.05, 0) is 24.3 Å². The third-order valence-electron chi connectivity index (χ3n) is 2.03. The molecular weight excluding hydrogens is 224 g/mol. The van der Waals surface area contributed by atoms with E-state index in [1.54, 1.807) is 14.2 Å². The fourth-order valence-corrected chi connectivity index (χ4v) is 1.81. The second-order valence-corrected chi connectivity index (χ2v) is 3.81. The van der Waals surface area contributed by atoms with Gasteiger partial charge >= 0.3 is 0 Å². The van der Waals surface area contributed by atoms with Crippen molar-refractivity contribution in [1.29, 1.82) is 0 Å². The molecule has 3 nitrogen and oxygen atoms in total. The van der Waals surface area contributed by atoms with Crippen molar-refractivity contribution >= 4 is 11.3 Å². The van der Waals surface area contributed by atoms with Crippen LogP contribution in [-0.4, -0.2) is 14.2 Å². The van der Waals surface area contributed by atoms with Gasteiger partial charge in [-0.25, -0.2) is 0 Å². The van der Waals surface area contributed by atoms with Crippen molar-refractivity contribution in [3.8, 4) is 22.3 Å². The number of methoxy groups -OCH3 is 2. The largest absolute Gasteiger partial charge is 0.493 e. The van der Waals surface area contributed by atoms with E-state index in [0.717, 1.165) is 5.06 Å². The Morgan fingerprint density at radius 3 is 2.25 bits per heavy atom. The van der Waals surface area contributed by atoms with Crippen LogP contribution < -0.4 is 14.2 Å². The maximum atomic E-state index is 5.70. The standard InChI is InChI=1S/C12H11O3S/c1-13-9-5-3-6-10(14-2)12(9)15-11-7-4-8-16-11/h3-7H,1-2H3. The predicted octanol–water partition coefficient (Wildman–Crippen LogP) is 3.36. The molecule has 4 heteroatoms. The molecule has 0 atom stereocenters. The summed E-state index contributed by atoms with van der Waals surface area (Å²) < 4.78 is 16.2. The van der Waals surface area contributed by atoms with Crippen LogP contribution in [0.3, 0.4) is 0 Å². The van der Waals surface area contributed by atoms with Gasteiger partial charge in [0.05, 0.1) is 14.2 Å². The topological polar surface area (TPSA) is 27.7 Å². The molecule has 16 heavy (non-hydrogen) atoms. The highest BCUT2D eigenvalue weighted by molar-refractivity contribution is 7.11. The first kappa shape index (κ1) is 10.8. The van der Waals surface area contributed by atoms with Crippen LogP contribution in [0.1, 0.15) is 0 Å². The molecule has 0 N–H and O–H groups in total. The summed E-state index contributed by atoms with van der Waals surface area (Å²) >= 11 is 1.40. The highest BCUT2D eigenvalue weighted by Crippen LogP contribution is 2.40. The summed E-state index contributed by atoms with van der Waals surface area (Å²) in [6.45, 7) is 0. The van der Waals surface area contributed by atoms with Gasteiger partial charge in [-0.15, -0.1) is 0 Å². The van der Waals surface area contributed by atoms with Crippen molar-refractivity contribution < 1.29 is 14.2 Å². The molecule has 0 unspecified atom stereocenters. The molecule has 1 aromatic carbocycles. The van der Waals surface area contributed by atoms with Crippen LogP contribution in [0.4, 0.5) is 0 Å². The molecule has 1 heterocycles. The van der Waals surface area contributed by atoms with E-state index in [1.807, 2.05) is 30.3 Å². The molecule has 83 valence electrons. The first-order valence-electron chi connectivity index (χ1n) is 4.70. The average molecular weight is 235 g/mol. The van der Waals surface area contributed by atoms with Crippen LogP contribution in [0.15, 0.2) is 30.3 Å². The minimum absolute atomic E-state index is 0.586. The molecule has 0 bridgehead atoms. The zero-order chi connectivity index (χ0) is 11.4. The maximum absolute atomic E-state index is 5.70. The highest BCUT2D eigenvalue weighted by Gasteiger charge is 2.12. The third kappa shape index (κ3) is 2.12. The van der Waals surface area contributed by atoms with E-state index < -0.39 is 0 Å². The Kier molecular flexibility index (Phi) is 3.31. The zero-order valence-corrected chi connectivity index (χ0v) is 9.84. The van der Waals surface area contributed by atoms with Crippen LogP contribution in [-0.2, 0) is 0 Å². The second-order valence-electron chi connectivity index (χ2n) is 2.97. The lowest BCUT2D eigenvalue weighted by Gasteiger charge is -2.12. The molecule has 0 fully saturated rings. The van der Waals surface area contributed by atoms with E-state index in [4.69, 9.17) is 14.2 Å². The molecule has 0 aliphatic rings. The van der Waals surface area contributed by atoms with Gasteiger partial charge in [0.15, 0.2) is 16.6 Å². The maximum Gasteiger partial charge on any atom is 0.212 e. The number of hydrogen-bond donors (Lipinski definition) is 0. The number of thiophene rings is 1. The van der Waals surface area contributed by atoms with Gasteiger partial charge in [0, 0.05) is 5.38 Å². The Hall–Kier alpha value is -1.68. The lowest BCUT2D eigenvalue weighted by Crippen LogP contribution is -1.93. The molecular formula is C12H11O3S. The number of rotatable bonds is 4.